The molecular formula is C20H22ClN3O4S. The largest absolute Gasteiger partial charge is 0.338 e. The predicted molar refractivity (Wildman–Crippen MR) is 111 cm³/mol. The van der Waals surface area contributed by atoms with Crippen LogP contribution in [0.15, 0.2) is 47.4 Å². The smallest absolute Gasteiger partial charge is 0.257 e. The maximum Gasteiger partial charge on any atom is 0.257 e. The lowest BCUT2D eigenvalue weighted by Crippen LogP contribution is -2.34. The number of hydrogen-bond donors (Lipinski definition) is 2. The van der Waals surface area contributed by atoms with E-state index in [-0.39, 0.29) is 21.4 Å². The molecule has 0 aliphatic carbocycles. The van der Waals surface area contributed by atoms with E-state index in [1.807, 2.05) is 11.0 Å². The zero-order chi connectivity index (χ0) is 21.0. The molecule has 9 heteroatoms. The average molecular weight is 436 g/mol. The Morgan fingerprint density at radius 3 is 2.69 bits per heavy atom. The van der Waals surface area contributed by atoms with Crippen molar-refractivity contribution < 1.29 is 18.0 Å². The van der Waals surface area contributed by atoms with Gasteiger partial charge in [-0.3, -0.25) is 9.59 Å². The number of sulfonamides is 1. The van der Waals surface area contributed by atoms with E-state index < -0.39 is 15.9 Å². The minimum absolute atomic E-state index is 0.0492. The van der Waals surface area contributed by atoms with Crippen LogP contribution in [0.4, 0.5) is 5.69 Å². The molecule has 2 aromatic carbocycles. The molecule has 1 aliphatic heterocycles. The van der Waals surface area contributed by atoms with Gasteiger partial charge in [0.15, 0.2) is 0 Å². The third-order valence-corrected chi connectivity index (χ3v) is 6.48. The fourth-order valence-electron chi connectivity index (χ4n) is 3.16. The Morgan fingerprint density at radius 1 is 1.17 bits per heavy atom. The number of hydrogen-bond acceptors (Lipinski definition) is 4. The molecular weight excluding hydrogens is 414 g/mol. The van der Waals surface area contributed by atoms with Gasteiger partial charge in [0, 0.05) is 25.2 Å². The molecule has 154 valence electrons. The number of anilines is 1. The van der Waals surface area contributed by atoms with Crippen molar-refractivity contribution in [3.63, 3.8) is 0 Å². The summed E-state index contributed by atoms with van der Waals surface area (Å²) >= 11 is 6.11. The van der Waals surface area contributed by atoms with Crippen molar-refractivity contribution in [1.29, 1.82) is 0 Å². The monoisotopic (exact) mass is 435 g/mol. The fraction of sp³-hybridized carbons (Fsp3) is 0.300. The molecule has 2 N–H and O–H groups in total. The third kappa shape index (κ3) is 5.14. The van der Waals surface area contributed by atoms with Gasteiger partial charge in [-0.2, -0.15) is 0 Å². The summed E-state index contributed by atoms with van der Waals surface area (Å²) in [5, 5.41) is 2.89. The van der Waals surface area contributed by atoms with E-state index >= 15 is 0 Å². The lowest BCUT2D eigenvalue weighted by atomic mass is 10.1. The van der Waals surface area contributed by atoms with Crippen LogP contribution in [-0.2, 0) is 21.4 Å². The zero-order valence-electron chi connectivity index (χ0n) is 15.9. The summed E-state index contributed by atoms with van der Waals surface area (Å²) in [5.74, 6) is -0.380. The van der Waals surface area contributed by atoms with Crippen LogP contribution in [0, 0.1) is 0 Å². The standard InChI is InChI=1S/C20H22ClN3O4S/c1-22-29(27,28)16-8-9-18(21)17(12-16)20(26)23-15-6-4-5-14(11-15)13-24-10-3-2-7-19(24)25/h4-6,8-9,11-12,22H,2-3,7,10,13H2,1H3,(H,23,26). The number of halogens is 1. The highest BCUT2D eigenvalue weighted by molar-refractivity contribution is 7.89. The Morgan fingerprint density at radius 2 is 1.97 bits per heavy atom. The normalized spacial score (nSPS) is 14.7. The number of amides is 2. The van der Waals surface area contributed by atoms with E-state index in [1.165, 1.54) is 25.2 Å². The van der Waals surface area contributed by atoms with E-state index in [4.69, 9.17) is 11.6 Å². The molecule has 29 heavy (non-hydrogen) atoms. The lowest BCUT2D eigenvalue weighted by molar-refractivity contribution is -0.133. The Balaban J connectivity index is 1.77. The van der Waals surface area contributed by atoms with Gasteiger partial charge in [-0.1, -0.05) is 23.7 Å². The molecule has 7 nitrogen and oxygen atoms in total. The van der Waals surface area contributed by atoms with Crippen LogP contribution >= 0.6 is 11.6 Å². The van der Waals surface area contributed by atoms with Crippen LogP contribution in [0.3, 0.4) is 0 Å². The number of nitrogens with one attached hydrogen (secondary N) is 2. The molecule has 0 saturated carbocycles. The second kappa shape index (κ2) is 8.94. The van der Waals surface area contributed by atoms with Crippen LogP contribution in [-0.4, -0.2) is 38.7 Å². The minimum Gasteiger partial charge on any atom is -0.338 e. The Bertz CT molecular complexity index is 1040. The molecule has 0 bridgehead atoms. The van der Waals surface area contributed by atoms with Crippen molar-refractivity contribution in [3.8, 4) is 0 Å². The topological polar surface area (TPSA) is 95.6 Å². The Kier molecular flexibility index (Phi) is 6.56. The second-order valence-corrected chi connectivity index (χ2v) is 9.07. The summed E-state index contributed by atoms with van der Waals surface area (Å²) in [4.78, 5) is 26.5. The summed E-state index contributed by atoms with van der Waals surface area (Å²) in [5.41, 5.74) is 1.49. The van der Waals surface area contributed by atoms with Gasteiger partial charge in [0.2, 0.25) is 15.9 Å². The third-order valence-electron chi connectivity index (χ3n) is 4.74. The second-order valence-electron chi connectivity index (χ2n) is 6.78. The highest BCUT2D eigenvalue weighted by Gasteiger charge is 2.19. The van der Waals surface area contributed by atoms with Gasteiger partial charge in [-0.05, 0) is 55.8 Å². The summed E-state index contributed by atoms with van der Waals surface area (Å²) in [6.07, 6.45) is 2.49. The first kappa shape index (κ1) is 21.3. The first-order valence-electron chi connectivity index (χ1n) is 9.21. The highest BCUT2D eigenvalue weighted by atomic mass is 35.5. The van der Waals surface area contributed by atoms with Crippen LogP contribution in [0.1, 0.15) is 35.2 Å². The molecule has 3 rings (SSSR count). The molecule has 0 aromatic heterocycles. The number of benzene rings is 2. The molecule has 0 atom stereocenters. The lowest BCUT2D eigenvalue weighted by Gasteiger charge is -2.26. The fourth-order valence-corrected chi connectivity index (χ4v) is 4.12. The predicted octanol–water partition coefficient (Wildman–Crippen LogP) is 3.01. The van der Waals surface area contributed by atoms with Crippen molar-refractivity contribution in [2.24, 2.45) is 0 Å². The number of likely N-dealkylation sites (tertiary alicyclic amines) is 1. The molecule has 1 aliphatic rings. The van der Waals surface area contributed by atoms with Gasteiger partial charge in [0.1, 0.15) is 0 Å². The maximum absolute atomic E-state index is 12.7. The number of carbonyl (C=O) groups excluding carboxylic acids is 2. The minimum atomic E-state index is -3.70. The number of carbonyl (C=O) groups is 2. The average Bonchev–Trinajstić information content (AvgIpc) is 2.70. The zero-order valence-corrected chi connectivity index (χ0v) is 17.5. The van der Waals surface area contributed by atoms with E-state index in [9.17, 15) is 18.0 Å². The Hall–Kier alpha value is -2.42. The van der Waals surface area contributed by atoms with E-state index in [0.717, 1.165) is 24.9 Å². The highest BCUT2D eigenvalue weighted by Crippen LogP contribution is 2.23. The van der Waals surface area contributed by atoms with Gasteiger partial charge >= 0.3 is 0 Å². The molecule has 0 radical (unpaired) electrons. The SMILES string of the molecule is CNS(=O)(=O)c1ccc(Cl)c(C(=O)Nc2cccc(CN3CCCCC3=O)c2)c1. The van der Waals surface area contributed by atoms with Gasteiger partial charge in [0.25, 0.3) is 5.91 Å². The molecule has 1 heterocycles. The van der Waals surface area contributed by atoms with Gasteiger partial charge < -0.3 is 10.2 Å². The molecule has 2 aromatic rings. The van der Waals surface area contributed by atoms with Gasteiger partial charge in [0.05, 0.1) is 15.5 Å². The van der Waals surface area contributed by atoms with E-state index in [0.29, 0.717) is 18.7 Å². The van der Waals surface area contributed by atoms with Crippen LogP contribution in [0.5, 0.6) is 0 Å². The van der Waals surface area contributed by atoms with Crippen molar-refractivity contribution in [3.05, 3.63) is 58.6 Å². The van der Waals surface area contributed by atoms with Gasteiger partial charge in [-0.15, -0.1) is 0 Å². The van der Waals surface area contributed by atoms with Crippen molar-refractivity contribution in [1.82, 2.24) is 9.62 Å². The molecule has 0 unspecified atom stereocenters. The number of nitrogens with zero attached hydrogens (tertiary/aromatic N) is 1. The van der Waals surface area contributed by atoms with Crippen LogP contribution in [0.2, 0.25) is 5.02 Å². The molecule has 1 fully saturated rings. The van der Waals surface area contributed by atoms with E-state index in [1.54, 1.807) is 18.2 Å². The van der Waals surface area contributed by atoms with Crippen molar-refractivity contribution in [2.45, 2.75) is 30.7 Å². The van der Waals surface area contributed by atoms with Crippen LogP contribution < -0.4 is 10.0 Å². The van der Waals surface area contributed by atoms with Crippen molar-refractivity contribution >= 4 is 39.1 Å². The van der Waals surface area contributed by atoms with Crippen LogP contribution in [0.25, 0.3) is 0 Å². The molecule has 1 saturated heterocycles. The summed E-state index contributed by atoms with van der Waals surface area (Å²) in [6.45, 7) is 1.22. The maximum atomic E-state index is 12.7. The van der Waals surface area contributed by atoms with Crippen molar-refractivity contribution in [2.75, 3.05) is 18.9 Å². The summed E-state index contributed by atoms with van der Waals surface area (Å²) < 4.78 is 26.2. The molecule has 0 spiro atoms. The number of rotatable bonds is 6. The van der Waals surface area contributed by atoms with E-state index in [2.05, 4.69) is 10.0 Å². The first-order chi connectivity index (χ1) is 13.8. The van der Waals surface area contributed by atoms with Gasteiger partial charge in [-0.25, -0.2) is 13.1 Å². The quantitative estimate of drug-likeness (QED) is 0.729. The molecule has 2 amide bonds. The number of piperidine rings is 1. The summed E-state index contributed by atoms with van der Waals surface area (Å²) in [6, 6.07) is 11.1. The first-order valence-corrected chi connectivity index (χ1v) is 11.1. The summed E-state index contributed by atoms with van der Waals surface area (Å²) in [7, 11) is -2.40. The Labute approximate surface area is 175 Å².